The normalized spacial score (nSPS) is 20.0. The van der Waals surface area contributed by atoms with Crippen molar-refractivity contribution in [2.75, 3.05) is 24.5 Å². The van der Waals surface area contributed by atoms with Gasteiger partial charge in [-0.1, -0.05) is 12.1 Å². The summed E-state index contributed by atoms with van der Waals surface area (Å²) >= 11 is 0. The number of rotatable bonds is 6. The monoisotopic (exact) mass is 447 g/mol. The van der Waals surface area contributed by atoms with Crippen LogP contribution in [0, 0.1) is 11.2 Å². The number of aromatic nitrogens is 1. The number of halogens is 1. The number of aliphatic carboxylic acids is 1. The first kappa shape index (κ1) is 24.7. The molecule has 32 heavy (non-hydrogen) atoms. The number of pyridine rings is 1. The summed E-state index contributed by atoms with van der Waals surface area (Å²) in [4.78, 5) is 38.8. The second-order valence-electron chi connectivity index (χ2n) is 7.36. The number of nitrogens with one attached hydrogen (secondary N) is 1. The zero-order valence-electron chi connectivity index (χ0n) is 17.6. The third kappa shape index (κ3) is 5.79. The Morgan fingerprint density at radius 3 is 2.69 bits per heavy atom. The van der Waals surface area contributed by atoms with Gasteiger partial charge in [0.25, 0.3) is 12.4 Å². The lowest BCUT2D eigenvalue weighted by molar-refractivity contribution is -0.157. The van der Waals surface area contributed by atoms with Gasteiger partial charge in [0.1, 0.15) is 17.1 Å². The molecule has 9 nitrogen and oxygen atoms in total. The molecule has 1 aromatic heterocycles. The highest BCUT2D eigenvalue weighted by molar-refractivity contribution is 5.94. The summed E-state index contributed by atoms with van der Waals surface area (Å²) in [6.45, 7) is 2.44. The van der Waals surface area contributed by atoms with Crippen molar-refractivity contribution in [1.29, 1.82) is 0 Å². The van der Waals surface area contributed by atoms with Crippen molar-refractivity contribution >= 4 is 24.2 Å². The molecule has 1 aliphatic rings. The van der Waals surface area contributed by atoms with Crippen molar-refractivity contribution in [3.8, 4) is 0 Å². The van der Waals surface area contributed by atoms with Gasteiger partial charge in [-0.2, -0.15) is 0 Å². The Kier molecular flexibility index (Phi) is 8.65. The summed E-state index contributed by atoms with van der Waals surface area (Å²) < 4.78 is 13.6. The third-order valence-corrected chi connectivity index (χ3v) is 5.29. The van der Waals surface area contributed by atoms with Crippen molar-refractivity contribution in [3.63, 3.8) is 0 Å². The molecule has 4 N–H and O–H groups in total. The maximum Gasteiger partial charge on any atom is 0.314 e. The number of aliphatic hydroxyl groups is 1. The van der Waals surface area contributed by atoms with Crippen LogP contribution in [0.25, 0.3) is 0 Å². The molecule has 2 aromatic rings. The zero-order valence-corrected chi connectivity index (χ0v) is 17.6. The molecule has 0 bridgehead atoms. The minimum Gasteiger partial charge on any atom is -0.483 e. The smallest absolute Gasteiger partial charge is 0.314 e. The van der Waals surface area contributed by atoms with Gasteiger partial charge in [-0.25, -0.2) is 9.37 Å². The molecule has 172 valence electrons. The molecule has 0 radical (unpaired) electrons. The number of amides is 1. The van der Waals surface area contributed by atoms with E-state index in [4.69, 9.17) is 9.90 Å². The Bertz CT molecular complexity index is 957. The number of benzene rings is 1. The molecule has 0 spiro atoms. The van der Waals surface area contributed by atoms with Crippen LogP contribution in [0.15, 0.2) is 42.6 Å². The predicted octanol–water partition coefficient (Wildman–Crippen LogP) is 1.56. The van der Waals surface area contributed by atoms with E-state index in [9.17, 15) is 24.2 Å². The number of hydrogen-bond donors (Lipinski definition) is 4. The van der Waals surface area contributed by atoms with Gasteiger partial charge in [0, 0.05) is 31.4 Å². The van der Waals surface area contributed by atoms with Gasteiger partial charge >= 0.3 is 5.97 Å². The maximum absolute atomic E-state index is 13.6. The molecule has 1 fully saturated rings. The number of aliphatic hydroxyl groups excluding tert-OH is 1. The maximum atomic E-state index is 13.6. The van der Waals surface area contributed by atoms with Crippen LogP contribution in [-0.4, -0.2) is 64.4 Å². The number of carbonyl (C=O) groups excluding carboxylic acids is 1. The van der Waals surface area contributed by atoms with E-state index in [0.29, 0.717) is 30.0 Å². The van der Waals surface area contributed by atoms with Gasteiger partial charge in [-0.3, -0.25) is 14.4 Å². The Labute approximate surface area is 184 Å². The fourth-order valence-corrected chi connectivity index (χ4v) is 3.74. The average molecular weight is 447 g/mol. The Morgan fingerprint density at radius 1 is 1.34 bits per heavy atom. The first-order chi connectivity index (χ1) is 15.3. The van der Waals surface area contributed by atoms with Crippen LogP contribution < -0.4 is 10.2 Å². The van der Waals surface area contributed by atoms with E-state index in [-0.39, 0.29) is 31.8 Å². The van der Waals surface area contributed by atoms with Gasteiger partial charge in [-0.05, 0) is 49.6 Å². The van der Waals surface area contributed by atoms with Crippen LogP contribution in [0.2, 0.25) is 0 Å². The summed E-state index contributed by atoms with van der Waals surface area (Å²) in [6, 6.07) is 8.93. The van der Waals surface area contributed by atoms with Crippen LogP contribution in [0.4, 0.5) is 10.2 Å². The van der Waals surface area contributed by atoms with Crippen molar-refractivity contribution < 1.29 is 34.1 Å². The number of carboxylic acids is 1. The fraction of sp³-hybridized carbons (Fsp3) is 0.364. The second kappa shape index (κ2) is 11.2. The highest BCUT2D eigenvalue weighted by Crippen LogP contribution is 2.36. The molecule has 0 saturated carbocycles. The van der Waals surface area contributed by atoms with Crippen LogP contribution in [0.3, 0.4) is 0 Å². The fourth-order valence-electron chi connectivity index (χ4n) is 3.74. The largest absolute Gasteiger partial charge is 0.483 e. The van der Waals surface area contributed by atoms with Crippen LogP contribution in [0.1, 0.15) is 29.3 Å². The first-order valence-corrected chi connectivity index (χ1v) is 10.00. The predicted molar refractivity (Wildman–Crippen MR) is 114 cm³/mol. The zero-order chi connectivity index (χ0) is 23.7. The molecular formula is C22H26FN3O6. The van der Waals surface area contributed by atoms with Crippen molar-refractivity contribution in [2.24, 2.45) is 5.41 Å². The Hall–Kier alpha value is -3.53. The number of carboxylic acid groups (broad SMARTS) is 2. The van der Waals surface area contributed by atoms with Gasteiger partial charge in [0.05, 0.1) is 6.10 Å². The van der Waals surface area contributed by atoms with Gasteiger partial charge < -0.3 is 25.5 Å². The number of piperidine rings is 1. The minimum atomic E-state index is -1.52. The van der Waals surface area contributed by atoms with E-state index in [1.54, 1.807) is 23.1 Å². The number of carbonyl (C=O) groups is 3. The molecule has 1 saturated heterocycles. The van der Waals surface area contributed by atoms with Gasteiger partial charge in [0.15, 0.2) is 0 Å². The quantitative estimate of drug-likeness (QED) is 0.489. The summed E-state index contributed by atoms with van der Waals surface area (Å²) in [6.07, 6.45) is 0.605. The number of hydrogen-bond acceptors (Lipinski definition) is 6. The lowest BCUT2D eigenvalue weighted by atomic mass is 9.73. The molecule has 1 amide bonds. The summed E-state index contributed by atoms with van der Waals surface area (Å²) in [5, 5.41) is 30.2. The number of nitrogens with zero attached hydrogens (tertiary/aromatic N) is 2. The van der Waals surface area contributed by atoms with E-state index < -0.39 is 23.3 Å². The highest BCUT2D eigenvalue weighted by Gasteiger charge is 2.49. The van der Waals surface area contributed by atoms with Gasteiger partial charge in [0.2, 0.25) is 0 Å². The molecule has 10 heteroatoms. The Balaban J connectivity index is 0.00000114. The SMILES string of the molecule is CCNC(=O)c1ccnc(N2CC[C@@H](O)[C@](Cc3cccc(F)c3)(C(=O)O)C2)c1.O=CO. The van der Waals surface area contributed by atoms with Gasteiger partial charge in [-0.15, -0.1) is 0 Å². The summed E-state index contributed by atoms with van der Waals surface area (Å²) in [7, 11) is 0. The molecule has 2 heterocycles. The topological polar surface area (TPSA) is 140 Å². The van der Waals surface area contributed by atoms with Crippen LogP contribution >= 0.6 is 0 Å². The van der Waals surface area contributed by atoms with E-state index in [0.717, 1.165) is 0 Å². The second-order valence-corrected chi connectivity index (χ2v) is 7.36. The standard InChI is InChI=1S/C21H24FN3O4.CH2O2/c1-2-23-19(27)15-6-8-24-18(11-15)25-9-7-17(26)21(13-25,20(28)29)12-14-4-3-5-16(22)10-14;2-1-3/h3-6,8,10-11,17,26H,2,7,9,12-13H2,1H3,(H,23,27)(H,28,29);1H,(H,2,3)/t17-,21-;/m1./s1. The Morgan fingerprint density at radius 2 is 2.06 bits per heavy atom. The molecule has 0 aliphatic carbocycles. The molecule has 1 aromatic carbocycles. The van der Waals surface area contributed by atoms with Crippen LogP contribution in [0.5, 0.6) is 0 Å². The molecule has 2 atom stereocenters. The average Bonchev–Trinajstić information content (AvgIpc) is 2.76. The van der Waals surface area contributed by atoms with E-state index in [1.807, 2.05) is 6.92 Å². The summed E-state index contributed by atoms with van der Waals surface area (Å²) in [5.74, 6) is -1.39. The lowest BCUT2D eigenvalue weighted by Crippen LogP contribution is -2.57. The molecule has 0 unspecified atom stereocenters. The summed E-state index contributed by atoms with van der Waals surface area (Å²) in [5.41, 5.74) is -0.596. The van der Waals surface area contributed by atoms with E-state index >= 15 is 0 Å². The lowest BCUT2D eigenvalue weighted by Gasteiger charge is -2.44. The molecule has 3 rings (SSSR count). The van der Waals surface area contributed by atoms with Crippen molar-refractivity contribution in [2.45, 2.75) is 25.9 Å². The first-order valence-electron chi connectivity index (χ1n) is 10.00. The minimum absolute atomic E-state index is 0.00807. The van der Waals surface area contributed by atoms with Crippen molar-refractivity contribution in [3.05, 3.63) is 59.5 Å². The number of anilines is 1. The van der Waals surface area contributed by atoms with E-state index in [1.165, 1.54) is 24.4 Å². The molecule has 1 aliphatic heterocycles. The van der Waals surface area contributed by atoms with Crippen molar-refractivity contribution in [1.82, 2.24) is 10.3 Å². The van der Waals surface area contributed by atoms with Crippen LogP contribution in [-0.2, 0) is 16.0 Å². The third-order valence-electron chi connectivity index (χ3n) is 5.29. The van der Waals surface area contributed by atoms with E-state index in [2.05, 4.69) is 10.3 Å². The highest BCUT2D eigenvalue weighted by atomic mass is 19.1. The molecular weight excluding hydrogens is 421 g/mol.